The number of nitrogens with zero attached hydrogens (tertiary/aromatic N) is 1. The number of hydrogen-bond acceptors (Lipinski definition) is 4. The number of ether oxygens (including phenoxy) is 1. The highest BCUT2D eigenvalue weighted by Crippen LogP contribution is 2.37. The second-order valence-corrected chi connectivity index (χ2v) is 7.57. The fraction of sp³-hybridized carbons (Fsp3) is 0.0526. The number of anilines is 1. The van der Waals surface area contributed by atoms with Crippen molar-refractivity contribution in [3.8, 4) is 5.75 Å². The fourth-order valence-corrected chi connectivity index (χ4v) is 3.87. The van der Waals surface area contributed by atoms with Crippen LogP contribution < -0.4 is 9.64 Å². The predicted molar refractivity (Wildman–Crippen MR) is 110 cm³/mol. The molecule has 1 aliphatic rings. The molecule has 2 aromatic carbocycles. The van der Waals surface area contributed by atoms with Crippen molar-refractivity contribution in [2.24, 2.45) is 0 Å². The van der Waals surface area contributed by atoms with Gasteiger partial charge in [0.2, 0.25) is 0 Å². The molecule has 0 saturated carbocycles. The second kappa shape index (κ2) is 8.12. The number of hydrogen-bond donors (Lipinski definition) is 0. The molecule has 1 saturated heterocycles. The van der Waals surface area contributed by atoms with Crippen molar-refractivity contribution in [2.75, 3.05) is 11.5 Å². The number of benzene rings is 2. The number of carbonyl (C=O) groups is 2. The van der Waals surface area contributed by atoms with E-state index in [4.69, 9.17) is 16.3 Å². The maximum Gasteiger partial charge on any atom is 0.298 e. The van der Waals surface area contributed by atoms with Crippen molar-refractivity contribution in [1.82, 2.24) is 0 Å². The number of imide groups is 1. The van der Waals surface area contributed by atoms with Gasteiger partial charge in [0.05, 0.1) is 15.1 Å². The molecule has 1 aliphatic heterocycles. The first-order chi connectivity index (χ1) is 12.5. The first kappa shape index (κ1) is 18.8. The molecule has 132 valence electrons. The highest BCUT2D eigenvalue weighted by Gasteiger charge is 2.36. The highest BCUT2D eigenvalue weighted by molar-refractivity contribution is 9.10. The van der Waals surface area contributed by atoms with Gasteiger partial charge in [-0.25, -0.2) is 4.90 Å². The Morgan fingerprint density at radius 1 is 1.23 bits per heavy atom. The molecule has 3 rings (SSSR count). The summed E-state index contributed by atoms with van der Waals surface area (Å²) < 4.78 is 6.25. The highest BCUT2D eigenvalue weighted by atomic mass is 79.9. The van der Waals surface area contributed by atoms with E-state index in [0.717, 1.165) is 26.7 Å². The Hall–Kier alpha value is -2.02. The zero-order valence-corrected chi connectivity index (χ0v) is 16.6. The molecular formula is C19H13BrClNO3S. The Kier molecular flexibility index (Phi) is 5.86. The molecule has 0 aliphatic carbocycles. The molecule has 0 N–H and O–H groups in total. The number of thioether (sulfide) groups is 1. The minimum absolute atomic E-state index is 0.349. The van der Waals surface area contributed by atoms with Crippen molar-refractivity contribution >= 4 is 62.2 Å². The largest absolute Gasteiger partial charge is 0.488 e. The molecule has 0 bridgehead atoms. The second-order valence-electron chi connectivity index (χ2n) is 5.29. The van der Waals surface area contributed by atoms with Crippen molar-refractivity contribution in [2.45, 2.75) is 0 Å². The maximum absolute atomic E-state index is 12.7. The SMILES string of the molecule is C=CCOc1ccc(/C=C2/SC(=O)N(c3cccc(Cl)c3)C2=O)cc1Br. The molecular weight excluding hydrogens is 438 g/mol. The van der Waals surface area contributed by atoms with E-state index in [1.165, 1.54) is 0 Å². The van der Waals surface area contributed by atoms with Crippen LogP contribution in [0.15, 0.2) is 64.5 Å². The van der Waals surface area contributed by atoms with Gasteiger partial charge in [-0.2, -0.15) is 0 Å². The van der Waals surface area contributed by atoms with Gasteiger partial charge in [0.25, 0.3) is 11.1 Å². The lowest BCUT2D eigenvalue weighted by atomic mass is 10.2. The minimum Gasteiger partial charge on any atom is -0.488 e. The molecule has 0 radical (unpaired) electrons. The predicted octanol–water partition coefficient (Wildman–Crippen LogP) is 5.91. The van der Waals surface area contributed by atoms with Crippen LogP contribution in [-0.4, -0.2) is 17.8 Å². The Balaban J connectivity index is 1.86. The van der Waals surface area contributed by atoms with Crippen LogP contribution in [0.4, 0.5) is 10.5 Å². The van der Waals surface area contributed by atoms with Gasteiger partial charge < -0.3 is 4.74 Å². The summed E-state index contributed by atoms with van der Waals surface area (Å²) in [5, 5.41) is 0.109. The molecule has 0 unspecified atom stereocenters. The van der Waals surface area contributed by atoms with Crippen LogP contribution in [0.3, 0.4) is 0 Å². The summed E-state index contributed by atoms with van der Waals surface area (Å²) in [7, 11) is 0. The van der Waals surface area contributed by atoms with Crippen LogP contribution in [0.2, 0.25) is 5.02 Å². The van der Waals surface area contributed by atoms with Gasteiger partial charge in [-0.1, -0.05) is 36.4 Å². The van der Waals surface area contributed by atoms with E-state index in [9.17, 15) is 9.59 Å². The van der Waals surface area contributed by atoms with E-state index < -0.39 is 0 Å². The number of rotatable bonds is 5. The van der Waals surface area contributed by atoms with Gasteiger partial charge in [-0.05, 0) is 69.7 Å². The quantitative estimate of drug-likeness (QED) is 0.420. The summed E-state index contributed by atoms with van der Waals surface area (Å²) in [6, 6.07) is 12.1. The molecule has 1 fully saturated rings. The van der Waals surface area contributed by atoms with Gasteiger partial charge in [-0.3, -0.25) is 9.59 Å². The zero-order chi connectivity index (χ0) is 18.7. The molecule has 7 heteroatoms. The lowest BCUT2D eigenvalue weighted by Gasteiger charge is -2.12. The van der Waals surface area contributed by atoms with Crippen molar-refractivity contribution in [3.63, 3.8) is 0 Å². The third-order valence-electron chi connectivity index (χ3n) is 3.47. The van der Waals surface area contributed by atoms with E-state index in [1.807, 2.05) is 12.1 Å². The first-order valence-corrected chi connectivity index (χ1v) is 9.55. The first-order valence-electron chi connectivity index (χ1n) is 7.56. The van der Waals surface area contributed by atoms with E-state index >= 15 is 0 Å². The van der Waals surface area contributed by atoms with E-state index in [0.29, 0.717) is 28.0 Å². The lowest BCUT2D eigenvalue weighted by molar-refractivity contribution is -0.113. The van der Waals surface area contributed by atoms with Crippen molar-refractivity contribution in [1.29, 1.82) is 0 Å². The third-order valence-corrected chi connectivity index (χ3v) is 5.19. The summed E-state index contributed by atoms with van der Waals surface area (Å²) >= 11 is 10.3. The summed E-state index contributed by atoms with van der Waals surface area (Å²) in [5.74, 6) is 0.305. The van der Waals surface area contributed by atoms with Crippen LogP contribution in [0.25, 0.3) is 6.08 Å². The van der Waals surface area contributed by atoms with Crippen LogP contribution >= 0.6 is 39.3 Å². The molecule has 2 aromatic rings. The monoisotopic (exact) mass is 449 g/mol. The summed E-state index contributed by atoms with van der Waals surface area (Å²) in [5.41, 5.74) is 1.23. The maximum atomic E-state index is 12.7. The van der Waals surface area contributed by atoms with Crippen molar-refractivity contribution < 1.29 is 14.3 Å². The van der Waals surface area contributed by atoms with E-state index in [1.54, 1.807) is 42.5 Å². The average molecular weight is 451 g/mol. The molecule has 0 aromatic heterocycles. The van der Waals surface area contributed by atoms with Crippen LogP contribution in [0.1, 0.15) is 5.56 Å². The third kappa shape index (κ3) is 4.03. The van der Waals surface area contributed by atoms with Gasteiger partial charge >= 0.3 is 0 Å². The van der Waals surface area contributed by atoms with Gasteiger partial charge in [-0.15, -0.1) is 0 Å². The number of carbonyl (C=O) groups excluding carboxylic acids is 2. The lowest BCUT2D eigenvalue weighted by Crippen LogP contribution is -2.27. The van der Waals surface area contributed by atoms with Gasteiger partial charge in [0.15, 0.2) is 0 Å². The topological polar surface area (TPSA) is 46.6 Å². The molecule has 0 spiro atoms. The van der Waals surface area contributed by atoms with Gasteiger partial charge in [0.1, 0.15) is 12.4 Å². The van der Waals surface area contributed by atoms with Crippen LogP contribution in [0.5, 0.6) is 5.75 Å². The van der Waals surface area contributed by atoms with Gasteiger partial charge in [0, 0.05) is 5.02 Å². The van der Waals surface area contributed by atoms with Crippen molar-refractivity contribution in [3.05, 3.63) is 75.1 Å². The molecule has 26 heavy (non-hydrogen) atoms. The number of amides is 2. The smallest absolute Gasteiger partial charge is 0.298 e. The number of halogens is 2. The Bertz CT molecular complexity index is 929. The summed E-state index contributed by atoms with van der Waals surface area (Å²) in [6.45, 7) is 4.01. The molecule has 0 atom stereocenters. The molecule has 1 heterocycles. The normalized spacial score (nSPS) is 15.6. The Morgan fingerprint density at radius 2 is 2.04 bits per heavy atom. The summed E-state index contributed by atoms with van der Waals surface area (Å²) in [4.78, 5) is 26.4. The average Bonchev–Trinajstić information content (AvgIpc) is 2.88. The van der Waals surface area contributed by atoms with Crippen LogP contribution in [0, 0.1) is 0 Å². The molecule has 4 nitrogen and oxygen atoms in total. The molecule has 2 amide bonds. The van der Waals surface area contributed by atoms with E-state index in [-0.39, 0.29) is 11.1 Å². The standard InChI is InChI=1S/C19H13BrClNO3S/c1-2-8-25-16-7-6-12(9-15(16)20)10-17-18(23)22(19(24)26-17)14-5-3-4-13(21)11-14/h2-7,9-11H,1,8H2/b17-10+. The Morgan fingerprint density at radius 3 is 2.73 bits per heavy atom. The summed E-state index contributed by atoms with van der Waals surface area (Å²) in [6.07, 6.45) is 3.34. The van der Waals surface area contributed by atoms with Crippen LogP contribution in [-0.2, 0) is 4.79 Å². The fourth-order valence-electron chi connectivity index (χ4n) is 2.33. The zero-order valence-electron chi connectivity index (χ0n) is 13.4. The minimum atomic E-state index is -0.370. The van der Waals surface area contributed by atoms with E-state index in [2.05, 4.69) is 22.5 Å². The Labute approximate surface area is 168 Å².